The number of carbonyl (C=O) groups is 2. The Morgan fingerprint density at radius 2 is 2.11 bits per heavy atom. The second-order valence-corrected chi connectivity index (χ2v) is 6.22. The SMILES string of the molecule is C=CC(=O)OCC(CC)N1COc2c(cc(C(=O)OCCC)cc2OC)C1. The van der Waals surface area contributed by atoms with E-state index >= 15 is 0 Å². The highest BCUT2D eigenvalue weighted by Crippen LogP contribution is 2.37. The minimum Gasteiger partial charge on any atom is -0.493 e. The van der Waals surface area contributed by atoms with Crippen LogP contribution in [0.4, 0.5) is 0 Å². The summed E-state index contributed by atoms with van der Waals surface area (Å²) in [5.74, 6) is 0.289. The minimum absolute atomic E-state index is 0.0104. The molecule has 2 rings (SSSR count). The van der Waals surface area contributed by atoms with Gasteiger partial charge in [0, 0.05) is 24.2 Å². The van der Waals surface area contributed by atoms with Crippen molar-refractivity contribution in [2.75, 3.05) is 27.1 Å². The number of nitrogens with zero attached hydrogens (tertiary/aromatic N) is 1. The Morgan fingerprint density at radius 1 is 1.33 bits per heavy atom. The van der Waals surface area contributed by atoms with Crippen molar-refractivity contribution in [3.63, 3.8) is 0 Å². The van der Waals surface area contributed by atoms with Crippen molar-refractivity contribution in [3.8, 4) is 11.5 Å². The Balaban J connectivity index is 2.19. The lowest BCUT2D eigenvalue weighted by atomic mass is 10.1. The maximum Gasteiger partial charge on any atom is 0.338 e. The average Bonchev–Trinajstić information content (AvgIpc) is 2.70. The second-order valence-electron chi connectivity index (χ2n) is 6.22. The van der Waals surface area contributed by atoms with Crippen LogP contribution < -0.4 is 9.47 Å². The van der Waals surface area contributed by atoms with E-state index in [0.29, 0.717) is 36.9 Å². The quantitative estimate of drug-likeness (QED) is 0.484. The van der Waals surface area contributed by atoms with Crippen LogP contribution in [-0.2, 0) is 20.8 Å². The monoisotopic (exact) mass is 377 g/mol. The van der Waals surface area contributed by atoms with Gasteiger partial charge in [-0.1, -0.05) is 20.4 Å². The Morgan fingerprint density at radius 3 is 2.74 bits per heavy atom. The van der Waals surface area contributed by atoms with Gasteiger partial charge in [0.25, 0.3) is 0 Å². The molecule has 0 radical (unpaired) electrons. The average molecular weight is 377 g/mol. The molecule has 0 spiro atoms. The van der Waals surface area contributed by atoms with Gasteiger partial charge in [0.2, 0.25) is 0 Å². The van der Waals surface area contributed by atoms with Gasteiger partial charge in [-0.15, -0.1) is 0 Å². The van der Waals surface area contributed by atoms with Crippen LogP contribution in [-0.4, -0.2) is 49.9 Å². The molecule has 0 aliphatic carbocycles. The third-order valence-electron chi connectivity index (χ3n) is 4.35. The summed E-state index contributed by atoms with van der Waals surface area (Å²) in [7, 11) is 1.54. The molecule has 0 amide bonds. The molecule has 7 heteroatoms. The maximum absolute atomic E-state index is 12.2. The molecule has 0 saturated carbocycles. The number of methoxy groups -OCH3 is 1. The number of ether oxygens (including phenoxy) is 4. The van der Waals surface area contributed by atoms with E-state index in [0.717, 1.165) is 24.5 Å². The zero-order chi connectivity index (χ0) is 19.8. The highest BCUT2D eigenvalue weighted by molar-refractivity contribution is 5.90. The van der Waals surface area contributed by atoms with Crippen LogP contribution in [0.1, 0.15) is 42.6 Å². The number of rotatable bonds is 9. The van der Waals surface area contributed by atoms with Crippen molar-refractivity contribution >= 4 is 11.9 Å². The summed E-state index contributed by atoms with van der Waals surface area (Å²) < 4.78 is 21.7. The van der Waals surface area contributed by atoms with Crippen molar-refractivity contribution in [1.29, 1.82) is 0 Å². The van der Waals surface area contributed by atoms with Gasteiger partial charge in [0.1, 0.15) is 13.3 Å². The molecule has 0 saturated heterocycles. The van der Waals surface area contributed by atoms with E-state index < -0.39 is 5.97 Å². The zero-order valence-corrected chi connectivity index (χ0v) is 16.2. The van der Waals surface area contributed by atoms with Crippen molar-refractivity contribution < 1.29 is 28.5 Å². The van der Waals surface area contributed by atoms with Crippen LogP contribution in [0.3, 0.4) is 0 Å². The molecular weight excluding hydrogens is 350 g/mol. The molecule has 0 aromatic heterocycles. The first-order valence-corrected chi connectivity index (χ1v) is 9.08. The summed E-state index contributed by atoms with van der Waals surface area (Å²) in [4.78, 5) is 25.6. The standard InChI is InChI=1S/C20H27NO6/c1-5-8-25-20(23)14-9-15-11-21(13-27-19(15)17(10-14)24-4)16(6-2)12-26-18(22)7-3/h7,9-10,16H,3,5-6,8,11-13H2,1-2,4H3. The first-order chi connectivity index (χ1) is 13.0. The fourth-order valence-electron chi connectivity index (χ4n) is 2.85. The largest absolute Gasteiger partial charge is 0.493 e. The predicted molar refractivity (Wildman–Crippen MR) is 99.8 cm³/mol. The lowest BCUT2D eigenvalue weighted by Gasteiger charge is -2.35. The summed E-state index contributed by atoms with van der Waals surface area (Å²) in [5.41, 5.74) is 1.26. The highest BCUT2D eigenvalue weighted by atomic mass is 16.5. The van der Waals surface area contributed by atoms with Crippen LogP contribution in [0.2, 0.25) is 0 Å². The van der Waals surface area contributed by atoms with E-state index in [-0.39, 0.29) is 18.6 Å². The van der Waals surface area contributed by atoms with Crippen molar-refractivity contribution in [2.24, 2.45) is 0 Å². The summed E-state index contributed by atoms with van der Waals surface area (Å²) in [6.07, 6.45) is 2.68. The molecule has 1 atom stereocenters. The molecule has 148 valence electrons. The van der Waals surface area contributed by atoms with E-state index in [4.69, 9.17) is 18.9 Å². The van der Waals surface area contributed by atoms with E-state index in [1.54, 1.807) is 12.1 Å². The van der Waals surface area contributed by atoms with Gasteiger partial charge >= 0.3 is 11.9 Å². The van der Waals surface area contributed by atoms with E-state index in [1.165, 1.54) is 7.11 Å². The van der Waals surface area contributed by atoms with Gasteiger partial charge < -0.3 is 18.9 Å². The third-order valence-corrected chi connectivity index (χ3v) is 4.35. The van der Waals surface area contributed by atoms with E-state index in [1.807, 2.05) is 13.8 Å². The van der Waals surface area contributed by atoms with Crippen molar-refractivity contribution in [3.05, 3.63) is 35.9 Å². The van der Waals surface area contributed by atoms with Gasteiger partial charge in [-0.3, -0.25) is 4.90 Å². The first kappa shape index (κ1) is 20.8. The maximum atomic E-state index is 12.2. The fourth-order valence-corrected chi connectivity index (χ4v) is 2.85. The van der Waals surface area contributed by atoms with Crippen molar-refractivity contribution in [1.82, 2.24) is 4.90 Å². The van der Waals surface area contributed by atoms with Gasteiger partial charge in [-0.05, 0) is 25.0 Å². The molecule has 0 fully saturated rings. The Kier molecular flexibility index (Phi) is 7.67. The summed E-state index contributed by atoms with van der Waals surface area (Å²) in [6, 6.07) is 3.39. The van der Waals surface area contributed by atoms with Crippen molar-refractivity contribution in [2.45, 2.75) is 39.3 Å². The molecule has 1 aromatic rings. The molecule has 0 bridgehead atoms. The number of benzene rings is 1. The minimum atomic E-state index is -0.450. The van der Waals surface area contributed by atoms with Crippen LogP contribution in [0.5, 0.6) is 11.5 Å². The number of carbonyl (C=O) groups excluding carboxylic acids is 2. The number of fused-ring (bicyclic) bond motifs is 1. The molecule has 1 aliphatic heterocycles. The van der Waals surface area contributed by atoms with Crippen LogP contribution >= 0.6 is 0 Å². The lowest BCUT2D eigenvalue weighted by Crippen LogP contribution is -2.43. The molecule has 0 N–H and O–H groups in total. The number of esters is 2. The molecule has 1 aromatic carbocycles. The van der Waals surface area contributed by atoms with Crippen LogP contribution in [0.15, 0.2) is 24.8 Å². The summed E-state index contributed by atoms with van der Waals surface area (Å²) in [6.45, 7) is 8.86. The Hall–Kier alpha value is -2.54. The summed E-state index contributed by atoms with van der Waals surface area (Å²) >= 11 is 0. The number of hydrogen-bond acceptors (Lipinski definition) is 7. The molecule has 7 nitrogen and oxygen atoms in total. The van der Waals surface area contributed by atoms with E-state index in [2.05, 4.69) is 11.5 Å². The normalized spacial score (nSPS) is 14.5. The van der Waals surface area contributed by atoms with Gasteiger partial charge in [0.15, 0.2) is 11.5 Å². The number of hydrogen-bond donors (Lipinski definition) is 0. The first-order valence-electron chi connectivity index (χ1n) is 9.08. The summed E-state index contributed by atoms with van der Waals surface area (Å²) in [5, 5.41) is 0. The molecular formula is C20H27NO6. The van der Waals surface area contributed by atoms with Crippen LogP contribution in [0.25, 0.3) is 0 Å². The third kappa shape index (κ3) is 5.23. The predicted octanol–water partition coefficient (Wildman–Crippen LogP) is 2.92. The molecule has 1 unspecified atom stereocenters. The smallest absolute Gasteiger partial charge is 0.338 e. The highest BCUT2D eigenvalue weighted by Gasteiger charge is 2.28. The zero-order valence-electron chi connectivity index (χ0n) is 16.2. The Labute approximate surface area is 159 Å². The van der Waals surface area contributed by atoms with Gasteiger partial charge in [-0.2, -0.15) is 0 Å². The molecule has 27 heavy (non-hydrogen) atoms. The second kappa shape index (κ2) is 9.97. The van der Waals surface area contributed by atoms with Gasteiger partial charge in [0.05, 0.1) is 19.3 Å². The Bertz CT molecular complexity index is 687. The van der Waals surface area contributed by atoms with Crippen LogP contribution in [0, 0.1) is 0 Å². The molecule has 1 aliphatic rings. The van der Waals surface area contributed by atoms with Gasteiger partial charge in [-0.25, -0.2) is 9.59 Å². The fraction of sp³-hybridized carbons (Fsp3) is 0.500. The van der Waals surface area contributed by atoms with E-state index in [9.17, 15) is 9.59 Å². The molecule has 1 heterocycles. The lowest BCUT2D eigenvalue weighted by molar-refractivity contribution is -0.140. The topological polar surface area (TPSA) is 74.3 Å².